The summed E-state index contributed by atoms with van der Waals surface area (Å²) in [7, 11) is 0. The quantitative estimate of drug-likeness (QED) is 0.226. The Morgan fingerprint density at radius 2 is 1.23 bits per heavy atom. The monoisotopic (exact) mass is 599 g/mol. The molecular formula is C35H41N3O6. The van der Waals surface area contributed by atoms with Crippen molar-refractivity contribution in [3.63, 3.8) is 0 Å². The van der Waals surface area contributed by atoms with Gasteiger partial charge in [-0.1, -0.05) is 111 Å². The molecule has 1 unspecified atom stereocenters. The van der Waals surface area contributed by atoms with Gasteiger partial charge < -0.3 is 25.4 Å². The smallest absolute Gasteiger partial charge is 0.408 e. The zero-order chi connectivity index (χ0) is 31.5. The van der Waals surface area contributed by atoms with Crippen LogP contribution in [0.25, 0.3) is 0 Å². The first-order chi connectivity index (χ1) is 21.2. The highest BCUT2D eigenvalue weighted by atomic mass is 16.6. The van der Waals surface area contributed by atoms with Crippen LogP contribution in [0, 0.1) is 5.92 Å². The average Bonchev–Trinajstić information content (AvgIpc) is 3.80. The van der Waals surface area contributed by atoms with Gasteiger partial charge in [0.2, 0.25) is 11.8 Å². The van der Waals surface area contributed by atoms with E-state index < -0.39 is 41.6 Å². The Kier molecular flexibility index (Phi) is 11.3. The Hall–Kier alpha value is -4.50. The topological polar surface area (TPSA) is 126 Å². The minimum absolute atomic E-state index is 0.0556. The van der Waals surface area contributed by atoms with Crippen LogP contribution in [-0.4, -0.2) is 54.0 Å². The molecule has 3 N–H and O–H groups in total. The highest BCUT2D eigenvalue weighted by Crippen LogP contribution is 2.29. The van der Waals surface area contributed by atoms with Crippen molar-refractivity contribution in [2.45, 2.75) is 70.4 Å². The number of amides is 3. The minimum Gasteiger partial charge on any atom is -0.445 e. The van der Waals surface area contributed by atoms with Crippen LogP contribution in [0.15, 0.2) is 91.0 Å². The first kappa shape index (κ1) is 32.4. The van der Waals surface area contributed by atoms with Crippen LogP contribution in [0.5, 0.6) is 0 Å². The van der Waals surface area contributed by atoms with Crippen molar-refractivity contribution in [1.29, 1.82) is 0 Å². The molecule has 0 bridgehead atoms. The zero-order valence-electron chi connectivity index (χ0n) is 25.5. The van der Waals surface area contributed by atoms with E-state index in [1.807, 2.05) is 105 Å². The number of epoxide rings is 1. The maximum absolute atomic E-state index is 13.8. The second-order valence-corrected chi connectivity index (χ2v) is 11.5. The molecule has 44 heavy (non-hydrogen) atoms. The fourth-order valence-electron chi connectivity index (χ4n) is 4.86. The van der Waals surface area contributed by atoms with Gasteiger partial charge >= 0.3 is 6.09 Å². The van der Waals surface area contributed by atoms with Gasteiger partial charge in [-0.25, -0.2) is 4.79 Å². The Morgan fingerprint density at radius 1 is 0.750 bits per heavy atom. The van der Waals surface area contributed by atoms with Crippen LogP contribution in [0.2, 0.25) is 0 Å². The molecule has 1 aliphatic rings. The molecule has 4 rings (SSSR count). The molecule has 9 nitrogen and oxygen atoms in total. The van der Waals surface area contributed by atoms with Gasteiger partial charge in [0, 0.05) is 6.42 Å². The number of carbonyl (C=O) groups excluding carboxylic acids is 4. The van der Waals surface area contributed by atoms with Crippen LogP contribution >= 0.6 is 0 Å². The minimum atomic E-state index is -1.02. The number of hydrogen-bond acceptors (Lipinski definition) is 6. The number of Topliss-reactive ketones (excluding diaryl/α,β-unsaturated/α-hetero) is 1. The second kappa shape index (κ2) is 15.3. The number of carbonyl (C=O) groups is 4. The van der Waals surface area contributed by atoms with E-state index in [-0.39, 0.29) is 31.1 Å². The highest BCUT2D eigenvalue weighted by molar-refractivity contribution is 5.98. The summed E-state index contributed by atoms with van der Waals surface area (Å²) in [5.74, 6) is -1.50. The number of ketones is 1. The van der Waals surface area contributed by atoms with Crippen LogP contribution in [0.3, 0.4) is 0 Å². The Labute approximate surface area is 258 Å². The van der Waals surface area contributed by atoms with Crippen molar-refractivity contribution in [2.24, 2.45) is 5.92 Å². The summed E-state index contributed by atoms with van der Waals surface area (Å²) in [5, 5.41) is 8.45. The number of benzene rings is 3. The molecule has 3 aromatic rings. The molecule has 5 atom stereocenters. The Balaban J connectivity index is 1.50. The number of hydrogen-bond donors (Lipinski definition) is 3. The summed E-state index contributed by atoms with van der Waals surface area (Å²) in [4.78, 5) is 53.7. The number of alkyl carbamates (subject to hydrolysis) is 1. The van der Waals surface area contributed by atoms with Gasteiger partial charge in [-0.2, -0.15) is 0 Å². The van der Waals surface area contributed by atoms with E-state index in [9.17, 15) is 19.2 Å². The molecular weight excluding hydrogens is 558 g/mol. The number of rotatable bonds is 15. The zero-order valence-corrected chi connectivity index (χ0v) is 25.5. The lowest BCUT2D eigenvalue weighted by molar-refractivity contribution is -0.133. The molecule has 0 radical (unpaired) electrons. The van der Waals surface area contributed by atoms with Crippen LogP contribution in [-0.2, 0) is 43.3 Å². The maximum atomic E-state index is 13.8. The van der Waals surface area contributed by atoms with E-state index in [4.69, 9.17) is 9.47 Å². The van der Waals surface area contributed by atoms with Crippen LogP contribution in [0.4, 0.5) is 4.79 Å². The molecule has 0 saturated carbocycles. The molecule has 9 heteroatoms. The van der Waals surface area contributed by atoms with Gasteiger partial charge in [0.25, 0.3) is 0 Å². The molecule has 3 aromatic carbocycles. The summed E-state index contributed by atoms with van der Waals surface area (Å²) in [6.45, 7) is 5.82. The number of ether oxygens (including phenoxy) is 2. The van der Waals surface area contributed by atoms with Gasteiger partial charge in [-0.3, -0.25) is 14.4 Å². The molecule has 0 aliphatic carbocycles. The van der Waals surface area contributed by atoms with Crippen LogP contribution < -0.4 is 16.0 Å². The van der Waals surface area contributed by atoms with Crippen molar-refractivity contribution in [2.75, 3.05) is 6.61 Å². The molecule has 1 heterocycles. The van der Waals surface area contributed by atoms with Crippen molar-refractivity contribution >= 4 is 23.7 Å². The molecule has 232 valence electrons. The predicted molar refractivity (Wildman–Crippen MR) is 167 cm³/mol. The van der Waals surface area contributed by atoms with Crippen molar-refractivity contribution in [1.82, 2.24) is 16.0 Å². The van der Waals surface area contributed by atoms with E-state index in [1.54, 1.807) is 6.92 Å². The summed E-state index contributed by atoms with van der Waals surface area (Å²) < 4.78 is 10.8. The normalized spacial score (nSPS) is 18.2. The fraction of sp³-hybridized carbons (Fsp3) is 0.371. The summed E-state index contributed by atoms with van der Waals surface area (Å²) in [5.41, 5.74) is 1.58. The lowest BCUT2D eigenvalue weighted by Gasteiger charge is -2.28. The predicted octanol–water partition coefficient (Wildman–Crippen LogP) is 4.14. The van der Waals surface area contributed by atoms with Gasteiger partial charge in [0.05, 0.1) is 12.6 Å². The first-order valence-corrected chi connectivity index (χ1v) is 15.0. The van der Waals surface area contributed by atoms with Crippen LogP contribution in [0.1, 0.15) is 43.9 Å². The highest BCUT2D eigenvalue weighted by Gasteiger charge is 2.50. The molecule has 1 fully saturated rings. The van der Waals surface area contributed by atoms with E-state index in [0.717, 1.165) is 16.7 Å². The standard InChI is InChI=1S/C35H41N3O6/c1-4-24(2)30(38-34(42)43-22-27-18-12-7-13-19-27)33(41)37-29(21-26-16-10-6-11-17-26)32(40)36-28(31(39)35(3)23-44-35)20-25-14-8-5-9-15-25/h5-19,24,28-30H,4,20-23H2,1-3H3,(H,36,40)(H,37,41)(H,38,42)/t24-,28-,29-,30?,35+/m0/s1. The SMILES string of the molecule is CC[C@H](C)C(NC(=O)OCc1ccccc1)C(=O)N[C@@H](Cc1ccccc1)C(=O)N[C@@H](Cc1ccccc1)C(=O)[C@@]1(C)CO1. The van der Waals surface area contributed by atoms with Gasteiger partial charge in [-0.15, -0.1) is 0 Å². The third-order valence-electron chi connectivity index (χ3n) is 7.91. The third kappa shape index (κ3) is 9.25. The summed E-state index contributed by atoms with van der Waals surface area (Å²) in [6, 6.07) is 25.1. The molecule has 1 aliphatic heterocycles. The van der Waals surface area contributed by atoms with Gasteiger partial charge in [-0.05, 0) is 36.0 Å². The maximum Gasteiger partial charge on any atom is 0.408 e. The van der Waals surface area contributed by atoms with E-state index >= 15 is 0 Å². The second-order valence-electron chi connectivity index (χ2n) is 11.5. The van der Waals surface area contributed by atoms with Crippen molar-refractivity contribution in [3.8, 4) is 0 Å². The number of nitrogens with one attached hydrogen (secondary N) is 3. The fourth-order valence-corrected chi connectivity index (χ4v) is 4.86. The van der Waals surface area contributed by atoms with Crippen molar-refractivity contribution in [3.05, 3.63) is 108 Å². The largest absolute Gasteiger partial charge is 0.445 e. The molecule has 3 amide bonds. The molecule has 0 spiro atoms. The Morgan fingerprint density at radius 3 is 1.73 bits per heavy atom. The molecule has 1 saturated heterocycles. The van der Waals surface area contributed by atoms with E-state index in [2.05, 4.69) is 16.0 Å². The first-order valence-electron chi connectivity index (χ1n) is 15.0. The summed E-state index contributed by atoms with van der Waals surface area (Å²) >= 11 is 0. The van der Waals surface area contributed by atoms with Crippen molar-refractivity contribution < 1.29 is 28.7 Å². The lowest BCUT2D eigenvalue weighted by atomic mass is 9.94. The van der Waals surface area contributed by atoms with Gasteiger partial charge in [0.15, 0.2) is 5.78 Å². The van der Waals surface area contributed by atoms with Gasteiger partial charge in [0.1, 0.15) is 24.3 Å². The van der Waals surface area contributed by atoms with E-state index in [1.165, 1.54) is 0 Å². The van der Waals surface area contributed by atoms with E-state index in [0.29, 0.717) is 13.0 Å². The lowest BCUT2D eigenvalue weighted by Crippen LogP contribution is -2.58. The Bertz CT molecular complexity index is 1400. The summed E-state index contributed by atoms with van der Waals surface area (Å²) in [6.07, 6.45) is 0.327. The average molecular weight is 600 g/mol. The third-order valence-corrected chi connectivity index (χ3v) is 7.91. The molecule has 0 aromatic heterocycles.